The Kier molecular flexibility index (Phi) is 6.29. The zero-order valence-corrected chi connectivity index (χ0v) is 12.2. The predicted octanol–water partition coefficient (Wildman–Crippen LogP) is 1.58. The number of nitrogens with zero attached hydrogens (tertiary/aromatic N) is 2. The van der Waals surface area contributed by atoms with Crippen LogP contribution in [0.25, 0.3) is 0 Å². The minimum Gasteiger partial charge on any atom is -0.384 e. The molecule has 0 saturated carbocycles. The summed E-state index contributed by atoms with van der Waals surface area (Å²) in [6, 6.07) is 4.18. The Morgan fingerprint density at radius 2 is 2.21 bits per heavy atom. The van der Waals surface area contributed by atoms with Gasteiger partial charge in [0.25, 0.3) is 5.91 Å². The molecule has 0 saturated heterocycles. The van der Waals surface area contributed by atoms with Crippen molar-refractivity contribution in [1.29, 1.82) is 0 Å². The molecule has 1 amide bonds. The van der Waals surface area contributed by atoms with E-state index in [1.54, 1.807) is 12.3 Å². The van der Waals surface area contributed by atoms with Crippen LogP contribution in [0.4, 0.5) is 5.69 Å². The Balaban J connectivity index is 2.51. The Bertz CT molecular complexity index is 406. The summed E-state index contributed by atoms with van der Waals surface area (Å²) in [5.74, 6) is -0.134. The number of amides is 1. The standard InChI is InChI=1S/C14H24N4O/c1-5-15-14(19)13-10-12(6-7-17-13)16-8-9-18(4)11(2)3/h6-7,10-11H,5,8-9H2,1-4H3,(H,15,19)(H,16,17). The molecule has 0 fully saturated rings. The van der Waals surface area contributed by atoms with E-state index in [4.69, 9.17) is 0 Å². The van der Waals surface area contributed by atoms with Gasteiger partial charge in [-0.3, -0.25) is 9.78 Å². The van der Waals surface area contributed by atoms with Gasteiger partial charge in [-0.15, -0.1) is 0 Å². The highest BCUT2D eigenvalue weighted by Crippen LogP contribution is 2.07. The smallest absolute Gasteiger partial charge is 0.269 e. The van der Waals surface area contributed by atoms with E-state index < -0.39 is 0 Å². The minimum atomic E-state index is -0.134. The maximum atomic E-state index is 11.7. The zero-order chi connectivity index (χ0) is 14.3. The molecule has 1 rings (SSSR count). The van der Waals surface area contributed by atoms with Crippen molar-refractivity contribution in [3.63, 3.8) is 0 Å². The quantitative estimate of drug-likeness (QED) is 0.785. The summed E-state index contributed by atoms with van der Waals surface area (Å²) in [7, 11) is 2.10. The number of nitrogens with one attached hydrogen (secondary N) is 2. The van der Waals surface area contributed by atoms with Gasteiger partial charge in [-0.1, -0.05) is 0 Å². The van der Waals surface area contributed by atoms with E-state index in [0.29, 0.717) is 18.3 Å². The summed E-state index contributed by atoms with van der Waals surface area (Å²) in [6.45, 7) is 8.63. The van der Waals surface area contributed by atoms with E-state index >= 15 is 0 Å². The maximum Gasteiger partial charge on any atom is 0.269 e. The van der Waals surface area contributed by atoms with Crippen molar-refractivity contribution < 1.29 is 4.79 Å². The van der Waals surface area contributed by atoms with E-state index in [2.05, 4.69) is 41.4 Å². The highest BCUT2D eigenvalue weighted by Gasteiger charge is 2.06. The second-order valence-corrected chi connectivity index (χ2v) is 4.79. The molecular formula is C14H24N4O. The largest absolute Gasteiger partial charge is 0.384 e. The molecule has 0 aliphatic carbocycles. The highest BCUT2D eigenvalue weighted by molar-refractivity contribution is 5.93. The zero-order valence-electron chi connectivity index (χ0n) is 12.2. The molecular weight excluding hydrogens is 240 g/mol. The number of hydrogen-bond acceptors (Lipinski definition) is 4. The van der Waals surface area contributed by atoms with Crippen LogP contribution in [0.5, 0.6) is 0 Å². The minimum absolute atomic E-state index is 0.134. The third-order valence-corrected chi connectivity index (χ3v) is 3.01. The molecule has 0 atom stereocenters. The molecule has 0 aromatic carbocycles. The lowest BCUT2D eigenvalue weighted by molar-refractivity contribution is 0.0951. The van der Waals surface area contributed by atoms with Crippen molar-refractivity contribution in [3.8, 4) is 0 Å². The van der Waals surface area contributed by atoms with Gasteiger partial charge in [-0.05, 0) is 40.0 Å². The Morgan fingerprint density at radius 3 is 2.84 bits per heavy atom. The fraction of sp³-hybridized carbons (Fsp3) is 0.571. The first-order chi connectivity index (χ1) is 9.04. The molecule has 0 bridgehead atoms. The first-order valence-corrected chi connectivity index (χ1v) is 6.73. The predicted molar refractivity (Wildman–Crippen MR) is 78.5 cm³/mol. The van der Waals surface area contributed by atoms with E-state index in [1.807, 2.05) is 13.0 Å². The highest BCUT2D eigenvalue weighted by atomic mass is 16.1. The average molecular weight is 264 g/mol. The molecule has 1 aromatic rings. The molecule has 19 heavy (non-hydrogen) atoms. The molecule has 5 heteroatoms. The van der Waals surface area contributed by atoms with Gasteiger partial charge in [-0.25, -0.2) is 0 Å². The summed E-state index contributed by atoms with van der Waals surface area (Å²) >= 11 is 0. The van der Waals surface area contributed by atoms with E-state index in [1.165, 1.54) is 0 Å². The van der Waals surface area contributed by atoms with Crippen LogP contribution in [-0.2, 0) is 0 Å². The molecule has 0 spiro atoms. The van der Waals surface area contributed by atoms with E-state index in [-0.39, 0.29) is 5.91 Å². The molecule has 1 aromatic heterocycles. The van der Waals surface area contributed by atoms with E-state index in [0.717, 1.165) is 18.8 Å². The number of anilines is 1. The number of likely N-dealkylation sites (N-methyl/N-ethyl adjacent to an activating group) is 1. The van der Waals surface area contributed by atoms with Gasteiger partial charge in [0, 0.05) is 37.6 Å². The Hall–Kier alpha value is -1.62. The van der Waals surface area contributed by atoms with Gasteiger partial charge >= 0.3 is 0 Å². The van der Waals surface area contributed by atoms with Crippen LogP contribution in [0, 0.1) is 0 Å². The van der Waals surface area contributed by atoms with Crippen LogP contribution in [-0.4, -0.2) is 48.5 Å². The van der Waals surface area contributed by atoms with Crippen molar-refractivity contribution in [3.05, 3.63) is 24.0 Å². The monoisotopic (exact) mass is 264 g/mol. The van der Waals surface area contributed by atoms with Gasteiger partial charge in [0.1, 0.15) is 5.69 Å². The molecule has 0 unspecified atom stereocenters. The van der Waals surface area contributed by atoms with Gasteiger partial charge in [0.05, 0.1) is 0 Å². The summed E-state index contributed by atoms with van der Waals surface area (Å²) in [5.41, 5.74) is 1.37. The lowest BCUT2D eigenvalue weighted by Gasteiger charge is -2.21. The number of hydrogen-bond donors (Lipinski definition) is 2. The lowest BCUT2D eigenvalue weighted by atomic mass is 10.3. The number of aromatic nitrogens is 1. The normalized spacial score (nSPS) is 10.8. The molecule has 1 heterocycles. The van der Waals surface area contributed by atoms with Crippen LogP contribution in [0.2, 0.25) is 0 Å². The summed E-state index contributed by atoms with van der Waals surface area (Å²) in [5, 5.41) is 6.05. The third-order valence-electron chi connectivity index (χ3n) is 3.01. The molecule has 5 nitrogen and oxygen atoms in total. The number of carbonyl (C=O) groups is 1. The van der Waals surface area contributed by atoms with Crippen LogP contribution in [0.3, 0.4) is 0 Å². The fourth-order valence-corrected chi connectivity index (χ4v) is 1.55. The van der Waals surface area contributed by atoms with Crippen molar-refractivity contribution in [2.24, 2.45) is 0 Å². The second-order valence-electron chi connectivity index (χ2n) is 4.79. The molecule has 0 aliphatic heterocycles. The van der Waals surface area contributed by atoms with Crippen molar-refractivity contribution in [2.75, 3.05) is 32.0 Å². The van der Waals surface area contributed by atoms with Crippen LogP contribution >= 0.6 is 0 Å². The fourth-order valence-electron chi connectivity index (χ4n) is 1.55. The van der Waals surface area contributed by atoms with Crippen molar-refractivity contribution in [2.45, 2.75) is 26.8 Å². The van der Waals surface area contributed by atoms with Crippen molar-refractivity contribution >= 4 is 11.6 Å². The summed E-state index contributed by atoms with van der Waals surface area (Å²) < 4.78 is 0. The van der Waals surface area contributed by atoms with Gasteiger partial charge in [-0.2, -0.15) is 0 Å². The lowest BCUT2D eigenvalue weighted by Crippen LogP contribution is -2.31. The van der Waals surface area contributed by atoms with Crippen LogP contribution < -0.4 is 10.6 Å². The van der Waals surface area contributed by atoms with E-state index in [9.17, 15) is 4.79 Å². The van der Waals surface area contributed by atoms with Crippen molar-refractivity contribution in [1.82, 2.24) is 15.2 Å². The molecule has 2 N–H and O–H groups in total. The van der Waals surface area contributed by atoms with Crippen LogP contribution in [0.15, 0.2) is 18.3 Å². The average Bonchev–Trinajstić information content (AvgIpc) is 2.39. The molecule has 0 radical (unpaired) electrons. The van der Waals surface area contributed by atoms with Crippen LogP contribution in [0.1, 0.15) is 31.3 Å². The molecule has 106 valence electrons. The molecule has 0 aliphatic rings. The Morgan fingerprint density at radius 1 is 1.47 bits per heavy atom. The second kappa shape index (κ2) is 7.74. The maximum absolute atomic E-state index is 11.7. The summed E-state index contributed by atoms with van der Waals surface area (Å²) in [4.78, 5) is 18.0. The third kappa shape index (κ3) is 5.26. The number of carbonyl (C=O) groups excluding carboxylic acids is 1. The first-order valence-electron chi connectivity index (χ1n) is 6.73. The first kappa shape index (κ1) is 15.4. The van der Waals surface area contributed by atoms with Gasteiger partial charge < -0.3 is 15.5 Å². The number of pyridine rings is 1. The summed E-state index contributed by atoms with van der Waals surface area (Å²) in [6.07, 6.45) is 1.65. The number of rotatable bonds is 7. The topological polar surface area (TPSA) is 57.3 Å². The van der Waals surface area contributed by atoms with Gasteiger partial charge in [0.2, 0.25) is 0 Å². The Labute approximate surface area is 115 Å². The SMILES string of the molecule is CCNC(=O)c1cc(NCCN(C)C(C)C)ccn1. The van der Waals surface area contributed by atoms with Gasteiger partial charge in [0.15, 0.2) is 0 Å².